The summed E-state index contributed by atoms with van der Waals surface area (Å²) in [6.07, 6.45) is 3.47. The Hall–Kier alpha value is -0.840. The Kier molecular flexibility index (Phi) is 5.85. The highest BCUT2D eigenvalue weighted by Gasteiger charge is 2.04. The van der Waals surface area contributed by atoms with Gasteiger partial charge in [0.05, 0.1) is 10.2 Å². The second-order valence-electron chi connectivity index (χ2n) is 4.29. The number of fused-ring (bicyclic) bond motifs is 1. The van der Waals surface area contributed by atoms with Gasteiger partial charge in [0.2, 0.25) is 0 Å². The molecule has 0 aliphatic rings. The van der Waals surface area contributed by atoms with Gasteiger partial charge < -0.3 is 9.88 Å². The predicted octanol–water partition coefficient (Wildman–Crippen LogP) is 2.56. The monoisotopic (exact) mass is 286 g/mol. The summed E-state index contributed by atoms with van der Waals surface area (Å²) in [6, 6.07) is 6.34. The van der Waals surface area contributed by atoms with Crippen molar-refractivity contribution in [3.8, 4) is 0 Å². The predicted molar refractivity (Wildman–Crippen MR) is 81.2 cm³/mol. The molecule has 0 aliphatic carbocycles. The number of aromatic nitrogens is 1. The first-order chi connectivity index (χ1) is 8.22. The van der Waals surface area contributed by atoms with Crippen molar-refractivity contribution in [2.75, 3.05) is 13.6 Å². The normalized spacial score (nSPS) is 10.6. The SMILES string of the molecule is CNCCCCc1ccc2c(c1)sc(=O)n2C.Cl. The summed E-state index contributed by atoms with van der Waals surface area (Å²) < 4.78 is 2.81. The first kappa shape index (κ1) is 15.2. The van der Waals surface area contributed by atoms with Crippen LogP contribution in [0.25, 0.3) is 10.2 Å². The van der Waals surface area contributed by atoms with E-state index in [4.69, 9.17) is 0 Å². The van der Waals surface area contributed by atoms with E-state index in [1.807, 2.05) is 14.1 Å². The van der Waals surface area contributed by atoms with Crippen LogP contribution in [-0.4, -0.2) is 18.2 Å². The lowest BCUT2D eigenvalue weighted by Gasteiger charge is -2.02. The van der Waals surface area contributed by atoms with Gasteiger partial charge in [0.15, 0.2) is 0 Å². The first-order valence-electron chi connectivity index (χ1n) is 5.95. The fourth-order valence-corrected chi connectivity index (χ4v) is 2.91. The third-order valence-electron chi connectivity index (χ3n) is 3.00. The summed E-state index contributed by atoms with van der Waals surface area (Å²) in [5.41, 5.74) is 2.37. The number of aryl methyl sites for hydroxylation is 2. The van der Waals surface area contributed by atoms with Crippen molar-refractivity contribution in [3.05, 3.63) is 33.4 Å². The van der Waals surface area contributed by atoms with Gasteiger partial charge in [-0.2, -0.15) is 0 Å². The lowest BCUT2D eigenvalue weighted by atomic mass is 10.1. The standard InChI is InChI=1S/C13H18N2OS.ClH/c1-14-8-4-3-5-10-6-7-11-12(9-10)17-13(16)15(11)2;/h6-7,9,14H,3-5,8H2,1-2H3;1H. The number of hydrogen-bond donors (Lipinski definition) is 1. The average Bonchev–Trinajstić information content (AvgIpc) is 2.61. The molecule has 3 nitrogen and oxygen atoms in total. The number of rotatable bonds is 5. The van der Waals surface area contributed by atoms with Gasteiger partial charge in [-0.25, -0.2) is 0 Å². The molecule has 0 saturated heterocycles. The Balaban J connectivity index is 0.00000162. The first-order valence-corrected chi connectivity index (χ1v) is 6.77. The zero-order valence-corrected chi connectivity index (χ0v) is 12.4. The van der Waals surface area contributed by atoms with Crippen LogP contribution < -0.4 is 10.2 Å². The molecule has 2 aromatic rings. The van der Waals surface area contributed by atoms with E-state index in [0.717, 1.165) is 23.2 Å². The summed E-state index contributed by atoms with van der Waals surface area (Å²) in [7, 11) is 3.81. The molecule has 0 saturated carbocycles. The highest BCUT2D eigenvalue weighted by Crippen LogP contribution is 2.19. The third-order valence-corrected chi connectivity index (χ3v) is 3.99. The van der Waals surface area contributed by atoms with E-state index in [0.29, 0.717) is 0 Å². The van der Waals surface area contributed by atoms with Crippen LogP contribution >= 0.6 is 23.7 Å². The van der Waals surface area contributed by atoms with Crippen molar-refractivity contribution in [1.29, 1.82) is 0 Å². The van der Waals surface area contributed by atoms with E-state index in [1.54, 1.807) is 4.57 Å². The smallest absolute Gasteiger partial charge is 0.307 e. The molecule has 0 amide bonds. The molecule has 0 bridgehead atoms. The summed E-state index contributed by atoms with van der Waals surface area (Å²) in [6.45, 7) is 1.07. The topological polar surface area (TPSA) is 34.0 Å². The van der Waals surface area contributed by atoms with Crippen LogP contribution in [0.4, 0.5) is 0 Å². The van der Waals surface area contributed by atoms with Gasteiger partial charge in [-0.15, -0.1) is 12.4 Å². The fourth-order valence-electron chi connectivity index (χ4n) is 1.96. The molecule has 1 heterocycles. The number of hydrogen-bond acceptors (Lipinski definition) is 3. The van der Waals surface area contributed by atoms with Crippen LogP contribution in [0.5, 0.6) is 0 Å². The van der Waals surface area contributed by atoms with E-state index >= 15 is 0 Å². The molecular formula is C13H19ClN2OS. The second-order valence-corrected chi connectivity index (χ2v) is 5.28. The van der Waals surface area contributed by atoms with Crippen LogP contribution in [0.3, 0.4) is 0 Å². The number of thiazole rings is 1. The Morgan fingerprint density at radius 1 is 1.33 bits per heavy atom. The average molecular weight is 287 g/mol. The van der Waals surface area contributed by atoms with Gasteiger partial charge >= 0.3 is 4.87 Å². The molecule has 1 aromatic heterocycles. The van der Waals surface area contributed by atoms with E-state index in [9.17, 15) is 4.79 Å². The van der Waals surface area contributed by atoms with Crippen molar-refractivity contribution in [2.24, 2.45) is 7.05 Å². The minimum absolute atomic E-state index is 0. The maximum absolute atomic E-state index is 11.5. The van der Waals surface area contributed by atoms with Crippen molar-refractivity contribution in [3.63, 3.8) is 0 Å². The summed E-state index contributed by atoms with van der Waals surface area (Å²) in [5, 5.41) is 3.15. The third kappa shape index (κ3) is 3.34. The van der Waals surface area contributed by atoms with Crippen LogP contribution in [0.1, 0.15) is 18.4 Å². The van der Waals surface area contributed by atoms with Gasteiger partial charge in [0.1, 0.15) is 0 Å². The summed E-state index contributed by atoms with van der Waals surface area (Å²) >= 11 is 1.33. The van der Waals surface area contributed by atoms with Crippen LogP contribution in [0.15, 0.2) is 23.0 Å². The van der Waals surface area contributed by atoms with Gasteiger partial charge in [-0.1, -0.05) is 17.4 Å². The Morgan fingerprint density at radius 2 is 2.11 bits per heavy atom. The number of nitrogens with zero attached hydrogens (tertiary/aromatic N) is 1. The lowest BCUT2D eigenvalue weighted by Crippen LogP contribution is -2.07. The molecule has 5 heteroatoms. The lowest BCUT2D eigenvalue weighted by molar-refractivity contribution is 0.677. The molecule has 1 N–H and O–H groups in total. The van der Waals surface area contributed by atoms with Crippen LogP contribution in [0.2, 0.25) is 0 Å². The molecule has 1 aromatic carbocycles. The molecule has 0 aliphatic heterocycles. The van der Waals surface area contributed by atoms with Crippen LogP contribution in [0, 0.1) is 0 Å². The maximum Gasteiger partial charge on any atom is 0.307 e. The van der Waals surface area contributed by atoms with Gasteiger partial charge in [0.25, 0.3) is 0 Å². The Bertz CT molecular complexity index is 562. The molecule has 0 atom stereocenters. The largest absolute Gasteiger partial charge is 0.320 e. The number of nitrogens with one attached hydrogen (secondary N) is 1. The highest BCUT2D eigenvalue weighted by atomic mass is 35.5. The van der Waals surface area contributed by atoms with E-state index in [2.05, 4.69) is 23.5 Å². The van der Waals surface area contributed by atoms with Crippen LogP contribution in [-0.2, 0) is 13.5 Å². The number of halogens is 1. The Morgan fingerprint density at radius 3 is 2.83 bits per heavy atom. The van der Waals surface area contributed by atoms with Gasteiger partial charge in [-0.05, 0) is 50.6 Å². The zero-order valence-electron chi connectivity index (χ0n) is 10.7. The summed E-state index contributed by atoms with van der Waals surface area (Å²) in [5.74, 6) is 0. The second kappa shape index (κ2) is 6.92. The molecule has 0 unspecified atom stereocenters. The zero-order chi connectivity index (χ0) is 12.3. The molecule has 100 valence electrons. The molecule has 2 rings (SSSR count). The molecule has 0 radical (unpaired) electrons. The number of benzene rings is 1. The van der Waals surface area contributed by atoms with E-state index in [1.165, 1.54) is 29.7 Å². The summed E-state index contributed by atoms with van der Waals surface area (Å²) in [4.78, 5) is 11.6. The van der Waals surface area contributed by atoms with E-state index < -0.39 is 0 Å². The van der Waals surface area contributed by atoms with Crippen molar-refractivity contribution >= 4 is 34.0 Å². The minimum Gasteiger partial charge on any atom is -0.320 e. The van der Waals surface area contributed by atoms with Crippen molar-refractivity contribution < 1.29 is 0 Å². The molecule has 18 heavy (non-hydrogen) atoms. The maximum atomic E-state index is 11.5. The highest BCUT2D eigenvalue weighted by molar-refractivity contribution is 7.16. The quantitative estimate of drug-likeness (QED) is 0.857. The van der Waals surface area contributed by atoms with Crippen molar-refractivity contribution in [1.82, 2.24) is 9.88 Å². The molecule has 0 fully saturated rings. The fraction of sp³-hybridized carbons (Fsp3) is 0.462. The van der Waals surface area contributed by atoms with Gasteiger partial charge in [0, 0.05) is 7.05 Å². The van der Waals surface area contributed by atoms with Crippen molar-refractivity contribution in [2.45, 2.75) is 19.3 Å². The van der Waals surface area contributed by atoms with E-state index in [-0.39, 0.29) is 17.3 Å². The minimum atomic E-state index is 0. The number of unbranched alkanes of at least 4 members (excludes halogenated alkanes) is 1. The molecular weight excluding hydrogens is 268 g/mol. The Labute approximate surface area is 117 Å². The molecule has 0 spiro atoms. The van der Waals surface area contributed by atoms with Gasteiger partial charge in [-0.3, -0.25) is 4.79 Å².